The summed E-state index contributed by atoms with van der Waals surface area (Å²) in [6.07, 6.45) is 6.20. The van der Waals surface area contributed by atoms with Crippen molar-refractivity contribution in [1.29, 1.82) is 0 Å². The van der Waals surface area contributed by atoms with E-state index in [0.29, 0.717) is 5.38 Å². The Kier molecular flexibility index (Phi) is 5.88. The van der Waals surface area contributed by atoms with Crippen molar-refractivity contribution in [3.05, 3.63) is 0 Å². The van der Waals surface area contributed by atoms with Crippen LogP contribution in [0.3, 0.4) is 0 Å². The second kappa shape index (κ2) is 7.18. The Hall–Kier alpha value is 0.500. The largest absolute Gasteiger partial charge is 0.301 e. The SMILES string of the molecule is ClCCCN1CCN(C2CCCC(Cl)C2)CC1. The molecule has 2 nitrogen and oxygen atoms in total. The second-order valence-electron chi connectivity index (χ2n) is 5.34. The molecule has 2 aliphatic rings. The maximum absolute atomic E-state index is 6.28. The van der Waals surface area contributed by atoms with Gasteiger partial charge in [0.1, 0.15) is 0 Å². The van der Waals surface area contributed by atoms with Gasteiger partial charge in [0.2, 0.25) is 0 Å². The summed E-state index contributed by atoms with van der Waals surface area (Å²) in [7, 11) is 0. The summed E-state index contributed by atoms with van der Waals surface area (Å²) in [5.41, 5.74) is 0. The van der Waals surface area contributed by atoms with E-state index in [2.05, 4.69) is 9.80 Å². The predicted octanol–water partition coefficient (Wildman–Crippen LogP) is 2.78. The molecule has 0 amide bonds. The molecule has 0 aromatic carbocycles. The number of hydrogen-bond donors (Lipinski definition) is 0. The molecule has 0 aromatic heterocycles. The Morgan fingerprint density at radius 2 is 1.82 bits per heavy atom. The molecule has 1 saturated heterocycles. The minimum absolute atomic E-state index is 0.419. The average molecular weight is 279 g/mol. The molecule has 2 rings (SSSR count). The Balaban J connectivity index is 1.71. The lowest BCUT2D eigenvalue weighted by Crippen LogP contribution is -2.51. The van der Waals surface area contributed by atoms with Gasteiger partial charge in [0.25, 0.3) is 0 Å². The van der Waals surface area contributed by atoms with Crippen molar-refractivity contribution in [2.24, 2.45) is 0 Å². The lowest BCUT2D eigenvalue weighted by molar-refractivity contribution is 0.0799. The van der Waals surface area contributed by atoms with E-state index in [1.807, 2.05) is 0 Å². The van der Waals surface area contributed by atoms with Gasteiger partial charge in [-0.3, -0.25) is 4.90 Å². The summed E-state index contributed by atoms with van der Waals surface area (Å²) in [6, 6.07) is 0.751. The minimum atomic E-state index is 0.419. The van der Waals surface area contributed by atoms with Gasteiger partial charge in [0.15, 0.2) is 0 Å². The first-order valence-electron chi connectivity index (χ1n) is 6.96. The van der Waals surface area contributed by atoms with Crippen molar-refractivity contribution in [2.75, 3.05) is 38.6 Å². The number of halogens is 2. The van der Waals surface area contributed by atoms with E-state index in [0.717, 1.165) is 18.3 Å². The number of piperazine rings is 1. The highest BCUT2D eigenvalue weighted by Crippen LogP contribution is 2.27. The molecular formula is C13H24Cl2N2. The van der Waals surface area contributed by atoms with Gasteiger partial charge in [-0.25, -0.2) is 0 Å². The summed E-state index contributed by atoms with van der Waals surface area (Å²) in [6.45, 7) is 6.02. The predicted molar refractivity (Wildman–Crippen MR) is 75.2 cm³/mol. The summed E-state index contributed by atoms with van der Waals surface area (Å²) in [5, 5.41) is 0.419. The van der Waals surface area contributed by atoms with E-state index in [1.54, 1.807) is 0 Å². The average Bonchev–Trinajstić information content (AvgIpc) is 2.37. The maximum Gasteiger partial charge on any atom is 0.0351 e. The van der Waals surface area contributed by atoms with Gasteiger partial charge in [0, 0.05) is 43.5 Å². The van der Waals surface area contributed by atoms with E-state index in [1.165, 1.54) is 58.4 Å². The zero-order chi connectivity index (χ0) is 12.1. The second-order valence-corrected chi connectivity index (χ2v) is 6.33. The number of alkyl halides is 2. The third-order valence-electron chi connectivity index (χ3n) is 4.11. The highest BCUT2D eigenvalue weighted by atomic mass is 35.5. The van der Waals surface area contributed by atoms with E-state index in [-0.39, 0.29) is 0 Å². The fourth-order valence-electron chi connectivity index (χ4n) is 3.07. The molecule has 0 radical (unpaired) electrons. The molecular weight excluding hydrogens is 255 g/mol. The molecule has 2 atom stereocenters. The van der Waals surface area contributed by atoms with Crippen LogP contribution >= 0.6 is 23.2 Å². The van der Waals surface area contributed by atoms with E-state index >= 15 is 0 Å². The molecule has 4 heteroatoms. The van der Waals surface area contributed by atoms with Crippen molar-refractivity contribution in [3.63, 3.8) is 0 Å². The molecule has 0 spiro atoms. The zero-order valence-corrected chi connectivity index (χ0v) is 12.1. The molecule has 0 bridgehead atoms. The summed E-state index contributed by atoms with van der Waals surface area (Å²) in [5.74, 6) is 0.788. The zero-order valence-electron chi connectivity index (χ0n) is 10.6. The van der Waals surface area contributed by atoms with Gasteiger partial charge in [-0.05, 0) is 32.2 Å². The molecule has 2 fully saturated rings. The Labute approximate surface area is 115 Å². The number of hydrogen-bond acceptors (Lipinski definition) is 2. The van der Waals surface area contributed by atoms with Gasteiger partial charge < -0.3 is 4.90 Å². The summed E-state index contributed by atoms with van der Waals surface area (Å²) in [4.78, 5) is 5.20. The summed E-state index contributed by atoms with van der Waals surface area (Å²) < 4.78 is 0. The quantitative estimate of drug-likeness (QED) is 0.730. The van der Waals surface area contributed by atoms with Crippen LogP contribution in [0.2, 0.25) is 0 Å². The highest BCUT2D eigenvalue weighted by Gasteiger charge is 2.27. The topological polar surface area (TPSA) is 6.48 Å². The van der Waals surface area contributed by atoms with Crippen LogP contribution < -0.4 is 0 Å². The van der Waals surface area contributed by atoms with Crippen LogP contribution in [0.25, 0.3) is 0 Å². The van der Waals surface area contributed by atoms with Gasteiger partial charge >= 0.3 is 0 Å². The van der Waals surface area contributed by atoms with Crippen LogP contribution in [0.15, 0.2) is 0 Å². The van der Waals surface area contributed by atoms with Crippen LogP contribution in [0.5, 0.6) is 0 Å². The Morgan fingerprint density at radius 3 is 2.47 bits per heavy atom. The van der Waals surface area contributed by atoms with Crippen LogP contribution in [-0.4, -0.2) is 59.8 Å². The van der Waals surface area contributed by atoms with Gasteiger partial charge in [-0.1, -0.05) is 6.42 Å². The highest BCUT2D eigenvalue weighted by molar-refractivity contribution is 6.20. The first kappa shape index (κ1) is 13.9. The fourth-order valence-corrected chi connectivity index (χ4v) is 3.55. The van der Waals surface area contributed by atoms with Crippen molar-refractivity contribution in [2.45, 2.75) is 43.5 Å². The smallest absolute Gasteiger partial charge is 0.0351 e. The molecule has 17 heavy (non-hydrogen) atoms. The van der Waals surface area contributed by atoms with Crippen LogP contribution in [0.1, 0.15) is 32.1 Å². The standard InChI is InChI=1S/C13H24Cl2N2/c14-5-2-6-16-7-9-17(10-8-16)13-4-1-3-12(15)11-13/h12-13H,1-11H2. The molecule has 1 aliphatic heterocycles. The molecule has 1 heterocycles. The van der Waals surface area contributed by atoms with E-state index in [9.17, 15) is 0 Å². The van der Waals surface area contributed by atoms with E-state index in [4.69, 9.17) is 23.2 Å². The van der Waals surface area contributed by atoms with Gasteiger partial charge in [-0.2, -0.15) is 0 Å². The Bertz CT molecular complexity index is 217. The van der Waals surface area contributed by atoms with Gasteiger partial charge in [0.05, 0.1) is 0 Å². The molecule has 0 N–H and O–H groups in total. The molecule has 100 valence electrons. The molecule has 0 aromatic rings. The lowest BCUT2D eigenvalue weighted by atomic mass is 9.93. The van der Waals surface area contributed by atoms with Gasteiger partial charge in [-0.15, -0.1) is 23.2 Å². The van der Waals surface area contributed by atoms with Crippen LogP contribution in [0.4, 0.5) is 0 Å². The minimum Gasteiger partial charge on any atom is -0.301 e. The molecule has 1 saturated carbocycles. The van der Waals surface area contributed by atoms with Crippen LogP contribution in [-0.2, 0) is 0 Å². The Morgan fingerprint density at radius 1 is 1.06 bits per heavy atom. The molecule has 1 aliphatic carbocycles. The normalized spacial score (nSPS) is 32.8. The first-order chi connectivity index (χ1) is 8.29. The molecule has 2 unspecified atom stereocenters. The number of rotatable bonds is 4. The van der Waals surface area contributed by atoms with Crippen molar-refractivity contribution in [3.8, 4) is 0 Å². The van der Waals surface area contributed by atoms with Crippen molar-refractivity contribution >= 4 is 23.2 Å². The van der Waals surface area contributed by atoms with Crippen LogP contribution in [0, 0.1) is 0 Å². The number of nitrogens with zero attached hydrogens (tertiary/aromatic N) is 2. The third-order valence-corrected chi connectivity index (χ3v) is 4.78. The first-order valence-corrected chi connectivity index (χ1v) is 7.93. The fraction of sp³-hybridized carbons (Fsp3) is 1.00. The summed E-state index contributed by atoms with van der Waals surface area (Å²) >= 11 is 12.0. The van der Waals surface area contributed by atoms with E-state index < -0.39 is 0 Å². The maximum atomic E-state index is 6.28. The van der Waals surface area contributed by atoms with Crippen molar-refractivity contribution < 1.29 is 0 Å². The lowest BCUT2D eigenvalue weighted by Gasteiger charge is -2.41. The third kappa shape index (κ3) is 4.27. The van der Waals surface area contributed by atoms with Crippen molar-refractivity contribution in [1.82, 2.24) is 9.80 Å². The monoisotopic (exact) mass is 278 g/mol.